The van der Waals surface area contributed by atoms with Crippen molar-refractivity contribution < 1.29 is 14.6 Å². The number of aromatic carboxylic acids is 1. The van der Waals surface area contributed by atoms with E-state index < -0.39 is 5.97 Å². The summed E-state index contributed by atoms with van der Waals surface area (Å²) in [6, 6.07) is 6.96. The normalized spacial score (nSPS) is 16.2. The minimum Gasteiger partial charge on any atom is -0.478 e. The summed E-state index contributed by atoms with van der Waals surface area (Å²) in [6.45, 7) is 2.32. The quantitative estimate of drug-likeness (QED) is 0.752. The Morgan fingerprint density at radius 3 is 2.55 bits per heavy atom. The van der Waals surface area contributed by atoms with Gasteiger partial charge in [-0.1, -0.05) is 31.4 Å². The van der Waals surface area contributed by atoms with E-state index in [2.05, 4.69) is 5.32 Å². The fourth-order valence-electron chi connectivity index (χ4n) is 2.53. The summed E-state index contributed by atoms with van der Waals surface area (Å²) in [6.07, 6.45) is 6.82. The third-order valence-corrected chi connectivity index (χ3v) is 3.71. The van der Waals surface area contributed by atoms with Crippen molar-refractivity contribution in [1.29, 1.82) is 0 Å². The summed E-state index contributed by atoms with van der Waals surface area (Å²) in [4.78, 5) is 10.7. The van der Waals surface area contributed by atoms with Crippen LogP contribution in [0.2, 0.25) is 0 Å². The molecular weight excluding hydrogens is 254 g/mol. The van der Waals surface area contributed by atoms with E-state index in [1.165, 1.54) is 32.1 Å². The molecule has 1 aromatic carbocycles. The molecule has 0 heterocycles. The molecule has 4 heteroatoms. The van der Waals surface area contributed by atoms with Crippen LogP contribution in [0, 0.1) is 0 Å². The maximum atomic E-state index is 10.7. The van der Waals surface area contributed by atoms with Crippen LogP contribution in [-0.2, 0) is 11.3 Å². The smallest absolute Gasteiger partial charge is 0.335 e. The van der Waals surface area contributed by atoms with Crippen LogP contribution in [0.4, 0.5) is 0 Å². The SMILES string of the molecule is O=C(O)c1ccc(CNCCOC2CCCCC2)cc1. The molecule has 1 saturated carbocycles. The van der Waals surface area contributed by atoms with Gasteiger partial charge >= 0.3 is 5.97 Å². The van der Waals surface area contributed by atoms with Gasteiger partial charge in [0.2, 0.25) is 0 Å². The fourth-order valence-corrected chi connectivity index (χ4v) is 2.53. The Balaban J connectivity index is 1.59. The Kier molecular flexibility index (Phi) is 6.02. The van der Waals surface area contributed by atoms with E-state index in [-0.39, 0.29) is 0 Å². The Bertz CT molecular complexity index is 410. The van der Waals surface area contributed by atoms with Crippen LogP contribution >= 0.6 is 0 Å². The van der Waals surface area contributed by atoms with Crippen LogP contribution in [0.5, 0.6) is 0 Å². The van der Waals surface area contributed by atoms with Crippen LogP contribution < -0.4 is 5.32 Å². The lowest BCUT2D eigenvalue weighted by atomic mass is 9.98. The van der Waals surface area contributed by atoms with Crippen LogP contribution in [0.3, 0.4) is 0 Å². The maximum absolute atomic E-state index is 10.7. The van der Waals surface area contributed by atoms with Gasteiger partial charge in [-0.3, -0.25) is 0 Å². The number of carboxylic acids is 1. The first-order chi connectivity index (χ1) is 9.75. The lowest BCUT2D eigenvalue weighted by molar-refractivity contribution is 0.0302. The first kappa shape index (κ1) is 15.0. The third kappa shape index (κ3) is 4.94. The molecule has 0 aromatic heterocycles. The molecular formula is C16H23NO3. The van der Waals surface area contributed by atoms with E-state index in [1.807, 2.05) is 12.1 Å². The number of carbonyl (C=O) groups is 1. The van der Waals surface area contributed by atoms with Gasteiger partial charge in [0.05, 0.1) is 18.3 Å². The summed E-state index contributed by atoms with van der Waals surface area (Å²) in [5, 5.41) is 12.1. The van der Waals surface area contributed by atoms with E-state index in [9.17, 15) is 4.79 Å². The lowest BCUT2D eigenvalue weighted by Gasteiger charge is -2.22. The van der Waals surface area contributed by atoms with Crippen LogP contribution in [0.15, 0.2) is 24.3 Å². The Labute approximate surface area is 120 Å². The van der Waals surface area contributed by atoms with Gasteiger partial charge in [0, 0.05) is 13.1 Å². The molecule has 1 aliphatic carbocycles. The fraction of sp³-hybridized carbons (Fsp3) is 0.562. The number of carboxylic acid groups (broad SMARTS) is 1. The molecule has 0 bridgehead atoms. The second kappa shape index (κ2) is 8.02. The number of hydrogen-bond acceptors (Lipinski definition) is 3. The summed E-state index contributed by atoms with van der Waals surface area (Å²) < 4.78 is 5.83. The van der Waals surface area contributed by atoms with Gasteiger partial charge in [0.15, 0.2) is 0 Å². The predicted octanol–water partition coefficient (Wildman–Crippen LogP) is 2.82. The van der Waals surface area contributed by atoms with Crippen molar-refractivity contribution in [3.8, 4) is 0 Å². The zero-order valence-electron chi connectivity index (χ0n) is 11.8. The minimum absolute atomic E-state index is 0.328. The molecule has 0 spiro atoms. The maximum Gasteiger partial charge on any atom is 0.335 e. The molecule has 0 radical (unpaired) electrons. The highest BCUT2D eigenvalue weighted by Crippen LogP contribution is 2.19. The summed E-state index contributed by atoms with van der Waals surface area (Å²) in [5.74, 6) is -0.884. The van der Waals surface area contributed by atoms with Crippen LogP contribution in [0.25, 0.3) is 0 Å². The van der Waals surface area contributed by atoms with Gasteiger partial charge in [0.25, 0.3) is 0 Å². The van der Waals surface area contributed by atoms with Crippen molar-refractivity contribution in [3.63, 3.8) is 0 Å². The summed E-state index contributed by atoms with van der Waals surface area (Å²) >= 11 is 0. The standard InChI is InChI=1S/C16H23NO3/c18-16(19)14-8-6-13(7-9-14)12-17-10-11-20-15-4-2-1-3-5-15/h6-9,15,17H,1-5,10-12H2,(H,18,19). The van der Waals surface area contributed by atoms with Crippen molar-refractivity contribution in [2.45, 2.75) is 44.8 Å². The first-order valence-corrected chi connectivity index (χ1v) is 7.40. The Hall–Kier alpha value is -1.39. The van der Waals surface area contributed by atoms with E-state index in [0.29, 0.717) is 11.7 Å². The highest BCUT2D eigenvalue weighted by atomic mass is 16.5. The third-order valence-electron chi connectivity index (χ3n) is 3.71. The second-order valence-corrected chi connectivity index (χ2v) is 5.31. The second-order valence-electron chi connectivity index (χ2n) is 5.31. The molecule has 4 nitrogen and oxygen atoms in total. The highest BCUT2D eigenvalue weighted by Gasteiger charge is 2.12. The minimum atomic E-state index is -0.884. The number of benzene rings is 1. The van der Waals surface area contributed by atoms with Crippen molar-refractivity contribution in [2.75, 3.05) is 13.2 Å². The topological polar surface area (TPSA) is 58.6 Å². The molecule has 0 amide bonds. The van der Waals surface area contributed by atoms with Gasteiger partial charge in [0.1, 0.15) is 0 Å². The molecule has 1 aromatic rings. The molecule has 110 valence electrons. The van der Waals surface area contributed by atoms with E-state index >= 15 is 0 Å². The van der Waals surface area contributed by atoms with Gasteiger partial charge in [-0.15, -0.1) is 0 Å². The average molecular weight is 277 g/mol. The van der Waals surface area contributed by atoms with Crippen molar-refractivity contribution in [1.82, 2.24) is 5.32 Å². The highest BCUT2D eigenvalue weighted by molar-refractivity contribution is 5.87. The Morgan fingerprint density at radius 1 is 1.20 bits per heavy atom. The molecule has 1 fully saturated rings. The molecule has 1 aliphatic rings. The van der Waals surface area contributed by atoms with Crippen molar-refractivity contribution >= 4 is 5.97 Å². The Morgan fingerprint density at radius 2 is 1.90 bits per heavy atom. The predicted molar refractivity (Wildman–Crippen MR) is 77.9 cm³/mol. The molecule has 2 rings (SSSR count). The number of hydrogen-bond donors (Lipinski definition) is 2. The van der Waals surface area contributed by atoms with E-state index in [0.717, 1.165) is 25.3 Å². The van der Waals surface area contributed by atoms with E-state index in [1.54, 1.807) is 12.1 Å². The van der Waals surface area contributed by atoms with Crippen molar-refractivity contribution in [3.05, 3.63) is 35.4 Å². The number of rotatable bonds is 7. The lowest BCUT2D eigenvalue weighted by Crippen LogP contribution is -2.24. The van der Waals surface area contributed by atoms with Crippen molar-refractivity contribution in [2.24, 2.45) is 0 Å². The summed E-state index contributed by atoms with van der Waals surface area (Å²) in [5.41, 5.74) is 1.42. The molecule has 0 atom stereocenters. The average Bonchev–Trinajstić information content (AvgIpc) is 2.48. The molecule has 20 heavy (non-hydrogen) atoms. The molecule has 0 unspecified atom stereocenters. The number of nitrogens with one attached hydrogen (secondary N) is 1. The number of ether oxygens (including phenoxy) is 1. The van der Waals surface area contributed by atoms with Crippen LogP contribution in [0.1, 0.15) is 48.0 Å². The van der Waals surface area contributed by atoms with Crippen LogP contribution in [-0.4, -0.2) is 30.3 Å². The van der Waals surface area contributed by atoms with E-state index in [4.69, 9.17) is 9.84 Å². The van der Waals surface area contributed by atoms with Gasteiger partial charge in [-0.05, 0) is 30.5 Å². The van der Waals surface area contributed by atoms with Gasteiger partial charge in [-0.2, -0.15) is 0 Å². The zero-order chi connectivity index (χ0) is 14.2. The molecule has 0 aliphatic heterocycles. The van der Waals surface area contributed by atoms with Gasteiger partial charge < -0.3 is 15.2 Å². The monoisotopic (exact) mass is 277 g/mol. The molecule has 2 N–H and O–H groups in total. The zero-order valence-corrected chi connectivity index (χ0v) is 11.8. The molecule has 0 saturated heterocycles. The first-order valence-electron chi connectivity index (χ1n) is 7.40. The van der Waals surface area contributed by atoms with Gasteiger partial charge in [-0.25, -0.2) is 4.79 Å². The largest absolute Gasteiger partial charge is 0.478 e. The summed E-state index contributed by atoms with van der Waals surface area (Å²) in [7, 11) is 0.